The standard InChI is InChI=1S/C13H20N2O/c1-13(2,3)15-12(14)9-10-6-5-7-11(8-10)16-4/h5-8H,9H2,1-4H3,(H2,14,15). The van der Waals surface area contributed by atoms with Gasteiger partial charge in [-0.2, -0.15) is 0 Å². The molecule has 0 atom stereocenters. The average molecular weight is 220 g/mol. The van der Waals surface area contributed by atoms with Crippen molar-refractivity contribution in [3.63, 3.8) is 0 Å². The maximum atomic E-state index is 5.89. The molecule has 3 heteroatoms. The fraction of sp³-hybridized carbons (Fsp3) is 0.462. The van der Waals surface area contributed by atoms with Crippen LogP contribution in [0.3, 0.4) is 0 Å². The van der Waals surface area contributed by atoms with Gasteiger partial charge in [0.05, 0.1) is 18.5 Å². The van der Waals surface area contributed by atoms with E-state index in [-0.39, 0.29) is 5.54 Å². The van der Waals surface area contributed by atoms with E-state index in [4.69, 9.17) is 10.5 Å². The van der Waals surface area contributed by atoms with Crippen LogP contribution in [0.25, 0.3) is 0 Å². The second-order valence-corrected chi connectivity index (χ2v) is 4.80. The third kappa shape index (κ3) is 4.34. The van der Waals surface area contributed by atoms with E-state index < -0.39 is 0 Å². The molecule has 88 valence electrons. The number of aliphatic imine (C=N–C) groups is 1. The van der Waals surface area contributed by atoms with Gasteiger partial charge in [0, 0.05) is 6.42 Å². The monoisotopic (exact) mass is 220 g/mol. The first-order valence-corrected chi connectivity index (χ1v) is 5.38. The summed E-state index contributed by atoms with van der Waals surface area (Å²) in [7, 11) is 1.66. The highest BCUT2D eigenvalue weighted by Gasteiger charge is 2.08. The molecule has 2 N–H and O–H groups in total. The Hall–Kier alpha value is -1.51. The van der Waals surface area contributed by atoms with Gasteiger partial charge in [-0.3, -0.25) is 4.99 Å². The first-order valence-electron chi connectivity index (χ1n) is 5.38. The fourth-order valence-electron chi connectivity index (χ4n) is 1.46. The van der Waals surface area contributed by atoms with Gasteiger partial charge in [-0.25, -0.2) is 0 Å². The Morgan fingerprint density at radius 1 is 1.38 bits per heavy atom. The Balaban J connectivity index is 2.77. The van der Waals surface area contributed by atoms with Crippen molar-refractivity contribution in [3.8, 4) is 5.75 Å². The van der Waals surface area contributed by atoms with E-state index >= 15 is 0 Å². The predicted octanol–water partition coefficient (Wildman–Crippen LogP) is 2.39. The van der Waals surface area contributed by atoms with Crippen molar-refractivity contribution in [1.82, 2.24) is 0 Å². The molecule has 0 aliphatic carbocycles. The lowest BCUT2D eigenvalue weighted by atomic mass is 10.1. The number of hydrogen-bond acceptors (Lipinski definition) is 2. The topological polar surface area (TPSA) is 47.6 Å². The molecule has 0 saturated carbocycles. The van der Waals surface area contributed by atoms with Crippen LogP contribution in [-0.2, 0) is 6.42 Å². The van der Waals surface area contributed by atoms with E-state index in [0.29, 0.717) is 12.3 Å². The Morgan fingerprint density at radius 2 is 2.06 bits per heavy atom. The smallest absolute Gasteiger partial charge is 0.119 e. The minimum absolute atomic E-state index is 0.122. The number of nitrogens with zero attached hydrogens (tertiary/aromatic N) is 1. The van der Waals surface area contributed by atoms with Gasteiger partial charge in [0.2, 0.25) is 0 Å². The fourth-order valence-corrected chi connectivity index (χ4v) is 1.46. The number of nitrogens with two attached hydrogens (primary N) is 1. The SMILES string of the molecule is COc1cccc(CC(N)=NC(C)(C)C)c1. The molecule has 0 aliphatic rings. The van der Waals surface area contributed by atoms with Crippen molar-refractivity contribution in [2.75, 3.05) is 7.11 Å². The molecule has 3 nitrogen and oxygen atoms in total. The molecule has 0 bridgehead atoms. The molecule has 0 spiro atoms. The second-order valence-electron chi connectivity index (χ2n) is 4.80. The van der Waals surface area contributed by atoms with Crippen molar-refractivity contribution in [1.29, 1.82) is 0 Å². The average Bonchev–Trinajstić information content (AvgIpc) is 2.15. The number of benzene rings is 1. The molecule has 0 heterocycles. The van der Waals surface area contributed by atoms with Gasteiger partial charge < -0.3 is 10.5 Å². The molecule has 0 aliphatic heterocycles. The van der Waals surface area contributed by atoms with E-state index in [2.05, 4.69) is 4.99 Å². The maximum absolute atomic E-state index is 5.89. The molecule has 1 rings (SSSR count). The largest absolute Gasteiger partial charge is 0.497 e. The summed E-state index contributed by atoms with van der Waals surface area (Å²) in [5, 5.41) is 0. The molecule has 0 aromatic heterocycles. The highest BCUT2D eigenvalue weighted by atomic mass is 16.5. The Bertz CT molecular complexity index is 378. The van der Waals surface area contributed by atoms with Crippen LogP contribution < -0.4 is 10.5 Å². The summed E-state index contributed by atoms with van der Waals surface area (Å²) in [6.07, 6.45) is 0.661. The zero-order valence-electron chi connectivity index (χ0n) is 10.4. The highest BCUT2D eigenvalue weighted by Crippen LogP contribution is 2.14. The van der Waals surface area contributed by atoms with Crippen molar-refractivity contribution in [2.45, 2.75) is 32.7 Å². The quantitative estimate of drug-likeness (QED) is 0.628. The molecule has 0 amide bonds. The van der Waals surface area contributed by atoms with Gasteiger partial charge in [0.15, 0.2) is 0 Å². The summed E-state index contributed by atoms with van der Waals surface area (Å²) in [5.74, 6) is 1.50. The Labute approximate surface area is 97.3 Å². The van der Waals surface area contributed by atoms with Gasteiger partial charge in [-0.15, -0.1) is 0 Å². The minimum Gasteiger partial charge on any atom is -0.497 e. The van der Waals surface area contributed by atoms with Crippen LogP contribution in [0.5, 0.6) is 5.75 Å². The molecular weight excluding hydrogens is 200 g/mol. The number of hydrogen-bond donors (Lipinski definition) is 1. The molecule has 0 radical (unpaired) electrons. The minimum atomic E-state index is -0.122. The van der Waals surface area contributed by atoms with E-state index in [0.717, 1.165) is 11.3 Å². The van der Waals surface area contributed by atoms with Crippen molar-refractivity contribution < 1.29 is 4.74 Å². The van der Waals surface area contributed by atoms with Crippen LogP contribution in [0.4, 0.5) is 0 Å². The lowest BCUT2D eigenvalue weighted by Gasteiger charge is -2.13. The second kappa shape index (κ2) is 5.01. The van der Waals surface area contributed by atoms with E-state index in [1.54, 1.807) is 7.11 Å². The highest BCUT2D eigenvalue weighted by molar-refractivity contribution is 5.83. The molecule has 0 fully saturated rings. The molecule has 0 saturated heterocycles. The molecular formula is C13H20N2O. The van der Waals surface area contributed by atoms with Crippen LogP contribution in [-0.4, -0.2) is 18.5 Å². The van der Waals surface area contributed by atoms with Crippen LogP contribution in [0.2, 0.25) is 0 Å². The summed E-state index contributed by atoms with van der Waals surface area (Å²) >= 11 is 0. The molecule has 16 heavy (non-hydrogen) atoms. The van der Waals surface area contributed by atoms with Gasteiger partial charge in [0.1, 0.15) is 5.75 Å². The van der Waals surface area contributed by atoms with Crippen molar-refractivity contribution in [2.24, 2.45) is 10.7 Å². The van der Waals surface area contributed by atoms with Gasteiger partial charge in [-0.1, -0.05) is 12.1 Å². The first-order chi connectivity index (χ1) is 7.40. The van der Waals surface area contributed by atoms with Crippen LogP contribution >= 0.6 is 0 Å². The number of methoxy groups -OCH3 is 1. The predicted molar refractivity (Wildman–Crippen MR) is 68.1 cm³/mol. The Kier molecular flexibility index (Phi) is 3.93. The Morgan fingerprint density at radius 3 is 2.62 bits per heavy atom. The van der Waals surface area contributed by atoms with Crippen LogP contribution in [0, 0.1) is 0 Å². The van der Waals surface area contributed by atoms with Crippen molar-refractivity contribution >= 4 is 5.84 Å². The zero-order chi connectivity index (χ0) is 12.2. The molecule has 0 unspecified atom stereocenters. The molecule has 1 aromatic rings. The number of ether oxygens (including phenoxy) is 1. The lowest BCUT2D eigenvalue weighted by molar-refractivity contribution is 0.414. The lowest BCUT2D eigenvalue weighted by Crippen LogP contribution is -2.22. The number of rotatable bonds is 3. The van der Waals surface area contributed by atoms with Crippen LogP contribution in [0.15, 0.2) is 29.3 Å². The third-order valence-corrected chi connectivity index (χ3v) is 2.00. The van der Waals surface area contributed by atoms with E-state index in [1.165, 1.54) is 0 Å². The first kappa shape index (κ1) is 12.6. The summed E-state index contributed by atoms with van der Waals surface area (Å²) in [4.78, 5) is 4.41. The summed E-state index contributed by atoms with van der Waals surface area (Å²) in [5.41, 5.74) is 6.89. The van der Waals surface area contributed by atoms with E-state index in [9.17, 15) is 0 Å². The summed E-state index contributed by atoms with van der Waals surface area (Å²) in [6.45, 7) is 6.10. The van der Waals surface area contributed by atoms with E-state index in [1.807, 2.05) is 45.0 Å². The summed E-state index contributed by atoms with van der Waals surface area (Å²) < 4.78 is 5.16. The maximum Gasteiger partial charge on any atom is 0.119 e. The van der Waals surface area contributed by atoms with Gasteiger partial charge in [0.25, 0.3) is 0 Å². The third-order valence-electron chi connectivity index (χ3n) is 2.00. The zero-order valence-corrected chi connectivity index (χ0v) is 10.4. The number of amidine groups is 1. The van der Waals surface area contributed by atoms with Gasteiger partial charge in [-0.05, 0) is 38.5 Å². The van der Waals surface area contributed by atoms with Gasteiger partial charge >= 0.3 is 0 Å². The normalized spacial score (nSPS) is 12.6. The van der Waals surface area contributed by atoms with Crippen LogP contribution in [0.1, 0.15) is 26.3 Å². The summed E-state index contributed by atoms with van der Waals surface area (Å²) in [6, 6.07) is 7.87. The van der Waals surface area contributed by atoms with Crippen molar-refractivity contribution in [3.05, 3.63) is 29.8 Å². The molecule has 1 aromatic carbocycles.